The van der Waals surface area contributed by atoms with E-state index in [4.69, 9.17) is 5.73 Å². The van der Waals surface area contributed by atoms with Gasteiger partial charge in [0.1, 0.15) is 0 Å². The van der Waals surface area contributed by atoms with Crippen molar-refractivity contribution in [2.45, 2.75) is 58.8 Å². The fourth-order valence-electron chi connectivity index (χ4n) is 3.42. The van der Waals surface area contributed by atoms with Gasteiger partial charge in [0.05, 0.1) is 0 Å². The van der Waals surface area contributed by atoms with Gasteiger partial charge in [0.2, 0.25) is 5.91 Å². The van der Waals surface area contributed by atoms with Crippen molar-refractivity contribution >= 4 is 24.0 Å². The fourth-order valence-corrected chi connectivity index (χ4v) is 3.42. The van der Waals surface area contributed by atoms with E-state index in [-0.39, 0.29) is 24.2 Å². The number of halogens is 1. The molecule has 0 bridgehead atoms. The fraction of sp³-hybridized carbons (Fsp3) is 0.632. The van der Waals surface area contributed by atoms with Gasteiger partial charge < -0.3 is 11.1 Å². The molecule has 4 heteroatoms. The minimum atomic E-state index is 0. The summed E-state index contributed by atoms with van der Waals surface area (Å²) in [4.78, 5) is 12.6. The van der Waals surface area contributed by atoms with Gasteiger partial charge in [-0.05, 0) is 54.3 Å². The third-order valence-corrected chi connectivity index (χ3v) is 4.92. The van der Waals surface area contributed by atoms with E-state index in [1.807, 2.05) is 0 Å². The molecule has 3 nitrogen and oxygen atoms in total. The van der Waals surface area contributed by atoms with Crippen LogP contribution in [0.4, 0.5) is 5.69 Å². The first-order valence-corrected chi connectivity index (χ1v) is 8.58. The van der Waals surface area contributed by atoms with E-state index in [2.05, 4.69) is 51.2 Å². The molecule has 2 rings (SSSR count). The Kier molecular flexibility index (Phi) is 7.56. The Morgan fingerprint density at radius 3 is 2.48 bits per heavy atom. The molecule has 1 fully saturated rings. The highest BCUT2D eigenvalue weighted by atomic mass is 35.5. The molecule has 130 valence electrons. The summed E-state index contributed by atoms with van der Waals surface area (Å²) in [6, 6.07) is 6.43. The summed E-state index contributed by atoms with van der Waals surface area (Å²) in [6.07, 6.45) is 3.16. The number of amides is 1. The molecule has 1 amide bonds. The Hall–Kier alpha value is -1.06. The van der Waals surface area contributed by atoms with Crippen LogP contribution in [0.25, 0.3) is 0 Å². The summed E-state index contributed by atoms with van der Waals surface area (Å²) in [5.41, 5.74) is 9.32. The number of anilines is 1. The van der Waals surface area contributed by atoms with Gasteiger partial charge in [-0.25, -0.2) is 0 Å². The Morgan fingerprint density at radius 1 is 1.22 bits per heavy atom. The van der Waals surface area contributed by atoms with Crippen LogP contribution >= 0.6 is 12.4 Å². The summed E-state index contributed by atoms with van der Waals surface area (Å²) in [5.74, 6) is 1.46. The van der Waals surface area contributed by atoms with Crippen LogP contribution in [0, 0.1) is 11.8 Å². The molecule has 0 radical (unpaired) electrons. The number of nitrogens with one attached hydrogen (secondary N) is 1. The molecule has 0 saturated heterocycles. The van der Waals surface area contributed by atoms with E-state index in [1.54, 1.807) is 0 Å². The second-order valence-electron chi connectivity index (χ2n) is 7.18. The van der Waals surface area contributed by atoms with Gasteiger partial charge in [0.15, 0.2) is 0 Å². The highest BCUT2D eigenvalue weighted by Crippen LogP contribution is 2.33. The van der Waals surface area contributed by atoms with Crippen molar-refractivity contribution in [2.24, 2.45) is 17.6 Å². The predicted octanol–water partition coefficient (Wildman–Crippen LogP) is 4.67. The summed E-state index contributed by atoms with van der Waals surface area (Å²) < 4.78 is 0. The smallest absolute Gasteiger partial charge is 0.227 e. The monoisotopic (exact) mass is 338 g/mol. The second-order valence-corrected chi connectivity index (χ2v) is 7.18. The lowest BCUT2D eigenvalue weighted by Gasteiger charge is -2.21. The molecule has 2 atom stereocenters. The number of benzene rings is 1. The average molecular weight is 339 g/mol. The average Bonchev–Trinajstić information content (AvgIpc) is 2.95. The Balaban J connectivity index is 0.00000264. The third kappa shape index (κ3) is 4.71. The number of nitrogens with two attached hydrogens (primary N) is 1. The van der Waals surface area contributed by atoms with E-state index in [0.29, 0.717) is 24.3 Å². The molecule has 0 spiro atoms. The summed E-state index contributed by atoms with van der Waals surface area (Å²) in [6.45, 7) is 9.35. The largest absolute Gasteiger partial charge is 0.330 e. The molecule has 1 aromatic rings. The van der Waals surface area contributed by atoms with Crippen molar-refractivity contribution < 1.29 is 4.79 Å². The first kappa shape index (κ1) is 20.0. The van der Waals surface area contributed by atoms with E-state index < -0.39 is 0 Å². The predicted molar refractivity (Wildman–Crippen MR) is 100 cm³/mol. The molecule has 1 saturated carbocycles. The van der Waals surface area contributed by atoms with Crippen LogP contribution in [-0.2, 0) is 4.79 Å². The minimum Gasteiger partial charge on any atom is -0.330 e. The van der Waals surface area contributed by atoms with Crippen molar-refractivity contribution in [3.05, 3.63) is 29.3 Å². The lowest BCUT2D eigenvalue weighted by atomic mass is 9.92. The van der Waals surface area contributed by atoms with Crippen molar-refractivity contribution in [2.75, 3.05) is 11.9 Å². The maximum absolute atomic E-state index is 12.6. The maximum atomic E-state index is 12.6. The van der Waals surface area contributed by atoms with Crippen molar-refractivity contribution in [3.63, 3.8) is 0 Å². The molecule has 0 unspecified atom stereocenters. The lowest BCUT2D eigenvalue weighted by molar-refractivity contribution is -0.120. The van der Waals surface area contributed by atoms with Crippen molar-refractivity contribution in [1.29, 1.82) is 0 Å². The maximum Gasteiger partial charge on any atom is 0.227 e. The van der Waals surface area contributed by atoms with Gasteiger partial charge in [-0.3, -0.25) is 4.79 Å². The molecule has 23 heavy (non-hydrogen) atoms. The summed E-state index contributed by atoms with van der Waals surface area (Å²) >= 11 is 0. The second kappa shape index (κ2) is 8.70. The Bertz CT molecular complexity index is 528. The van der Waals surface area contributed by atoms with E-state index in [9.17, 15) is 4.79 Å². The zero-order valence-electron chi connectivity index (χ0n) is 14.8. The third-order valence-electron chi connectivity index (χ3n) is 4.92. The number of carbonyl (C=O) groups excluding carboxylic acids is 1. The molecule has 3 N–H and O–H groups in total. The van der Waals surface area contributed by atoms with Gasteiger partial charge in [-0.1, -0.05) is 46.2 Å². The topological polar surface area (TPSA) is 55.1 Å². The highest BCUT2D eigenvalue weighted by molar-refractivity contribution is 5.93. The molecular formula is C19H31ClN2O. The molecular weight excluding hydrogens is 308 g/mol. The Morgan fingerprint density at radius 2 is 1.91 bits per heavy atom. The van der Waals surface area contributed by atoms with Crippen LogP contribution in [0.3, 0.4) is 0 Å². The molecule has 1 aromatic carbocycles. The van der Waals surface area contributed by atoms with Crippen LogP contribution in [0.1, 0.15) is 69.9 Å². The van der Waals surface area contributed by atoms with Gasteiger partial charge >= 0.3 is 0 Å². The van der Waals surface area contributed by atoms with Crippen molar-refractivity contribution in [1.82, 2.24) is 0 Å². The van der Waals surface area contributed by atoms with E-state index in [1.165, 1.54) is 11.1 Å². The zero-order valence-corrected chi connectivity index (χ0v) is 15.6. The van der Waals surface area contributed by atoms with Gasteiger partial charge in [-0.15, -0.1) is 12.4 Å². The van der Waals surface area contributed by atoms with E-state index >= 15 is 0 Å². The minimum absolute atomic E-state index is 0. The van der Waals surface area contributed by atoms with Gasteiger partial charge in [-0.2, -0.15) is 0 Å². The highest BCUT2D eigenvalue weighted by Gasteiger charge is 2.32. The SMILES string of the molecule is CC(C)c1ccc(NC(=O)[C@@H]2CCC[C@@H]2CN)c(C(C)C)c1.Cl. The quantitative estimate of drug-likeness (QED) is 0.819. The van der Waals surface area contributed by atoms with Gasteiger partial charge in [0, 0.05) is 11.6 Å². The molecule has 0 aromatic heterocycles. The van der Waals surface area contributed by atoms with E-state index in [0.717, 1.165) is 24.9 Å². The van der Waals surface area contributed by atoms with Gasteiger partial charge in [0.25, 0.3) is 0 Å². The van der Waals surface area contributed by atoms with Crippen LogP contribution in [0.2, 0.25) is 0 Å². The van der Waals surface area contributed by atoms with Crippen molar-refractivity contribution in [3.8, 4) is 0 Å². The molecule has 0 heterocycles. The van der Waals surface area contributed by atoms with Crippen LogP contribution in [0.5, 0.6) is 0 Å². The summed E-state index contributed by atoms with van der Waals surface area (Å²) in [5, 5.41) is 3.17. The number of hydrogen-bond acceptors (Lipinski definition) is 2. The molecule has 0 aliphatic heterocycles. The zero-order chi connectivity index (χ0) is 16.3. The summed E-state index contributed by atoms with van der Waals surface area (Å²) in [7, 11) is 0. The molecule has 1 aliphatic carbocycles. The Labute approximate surface area is 146 Å². The van der Waals surface area contributed by atoms with Crippen LogP contribution in [0.15, 0.2) is 18.2 Å². The van der Waals surface area contributed by atoms with Crippen LogP contribution in [-0.4, -0.2) is 12.5 Å². The normalized spacial score (nSPS) is 20.7. The lowest BCUT2D eigenvalue weighted by Crippen LogP contribution is -2.30. The first-order chi connectivity index (χ1) is 10.4. The standard InChI is InChI=1S/C19H30N2O.ClH/c1-12(2)14-8-9-18(17(10-14)13(3)4)21-19(22)16-7-5-6-15(16)11-20;/h8-10,12-13,15-16H,5-7,11,20H2,1-4H3,(H,21,22);1H/t15-,16-;/m1./s1. The van der Waals surface area contributed by atoms with Crippen LogP contribution < -0.4 is 11.1 Å². The number of hydrogen-bond donors (Lipinski definition) is 2. The number of rotatable bonds is 5. The molecule has 1 aliphatic rings. The number of carbonyl (C=O) groups is 1. The first-order valence-electron chi connectivity index (χ1n) is 8.58.